The number of imidazole rings is 1. The number of hydrogen-bond acceptors (Lipinski definition) is 4. The van der Waals surface area contributed by atoms with Gasteiger partial charge in [-0.05, 0) is 30.5 Å². The summed E-state index contributed by atoms with van der Waals surface area (Å²) in [5.74, 6) is 0.388. The highest BCUT2D eigenvalue weighted by Gasteiger charge is 2.34. The number of nitrogens with zero attached hydrogens (tertiary/aromatic N) is 3. The fourth-order valence-corrected chi connectivity index (χ4v) is 3.89. The van der Waals surface area contributed by atoms with Gasteiger partial charge in [0.05, 0.1) is 29.1 Å². The van der Waals surface area contributed by atoms with Gasteiger partial charge >= 0.3 is 6.09 Å². The Morgan fingerprint density at radius 3 is 2.52 bits per heavy atom. The van der Waals surface area contributed by atoms with Gasteiger partial charge in [0.15, 0.2) is 0 Å². The van der Waals surface area contributed by atoms with Crippen molar-refractivity contribution in [3.8, 4) is 11.3 Å². The van der Waals surface area contributed by atoms with Crippen LogP contribution in [0.4, 0.5) is 4.79 Å². The number of benzene rings is 1. The highest BCUT2D eigenvalue weighted by atomic mass is 35.5. The Morgan fingerprint density at radius 1 is 1.28 bits per heavy atom. The fraction of sp³-hybridized carbons (Fsp3) is 0.350. The van der Waals surface area contributed by atoms with Crippen LogP contribution < -0.4 is 5.32 Å². The maximum absolute atomic E-state index is 11.6. The lowest BCUT2D eigenvalue weighted by molar-refractivity contribution is 0.174. The Morgan fingerprint density at radius 2 is 1.97 bits per heavy atom. The molecule has 0 spiro atoms. The lowest BCUT2D eigenvalue weighted by Gasteiger charge is -2.33. The number of halogens is 2. The Balaban J connectivity index is 2.45. The molecule has 2 heterocycles. The molecule has 1 amide bonds. The smallest absolute Gasteiger partial charge is 0.405 e. The Bertz CT molecular complexity index is 1090. The molecule has 7 nitrogen and oxygen atoms in total. The number of aliphatic hydroxyl groups is 1. The van der Waals surface area contributed by atoms with Crippen LogP contribution >= 0.6 is 23.2 Å². The number of aliphatic hydroxyl groups excluding tert-OH is 1. The molecule has 1 aromatic carbocycles. The normalized spacial score (nSPS) is 12.9. The van der Waals surface area contributed by atoms with Gasteiger partial charge in [-0.25, -0.2) is 14.8 Å². The number of carbonyl (C=O) groups is 1. The van der Waals surface area contributed by atoms with Gasteiger partial charge < -0.3 is 15.5 Å². The first-order valence-corrected chi connectivity index (χ1v) is 9.72. The van der Waals surface area contributed by atoms with E-state index in [0.717, 1.165) is 0 Å². The van der Waals surface area contributed by atoms with E-state index in [2.05, 4.69) is 15.3 Å². The zero-order chi connectivity index (χ0) is 21.5. The maximum atomic E-state index is 11.6. The predicted molar refractivity (Wildman–Crippen MR) is 112 cm³/mol. The quantitative estimate of drug-likeness (QED) is 0.542. The van der Waals surface area contributed by atoms with E-state index < -0.39 is 17.6 Å². The van der Waals surface area contributed by atoms with Crippen molar-refractivity contribution in [2.24, 2.45) is 5.41 Å². The van der Waals surface area contributed by atoms with Crippen LogP contribution in [0.15, 0.2) is 24.4 Å². The van der Waals surface area contributed by atoms with E-state index in [-0.39, 0.29) is 6.61 Å². The molecule has 0 saturated heterocycles. The van der Waals surface area contributed by atoms with Gasteiger partial charge in [-0.15, -0.1) is 0 Å². The SMILES string of the molecule is Cc1nc2nc(CO)cn2c(-c2ccc(Cl)cc2Cl)c1C(NC(=O)O)C(C)(C)C. The molecule has 1 atom stereocenters. The average Bonchev–Trinajstić information content (AvgIpc) is 3.01. The number of hydrogen-bond donors (Lipinski definition) is 3. The lowest BCUT2D eigenvalue weighted by Crippen LogP contribution is -2.37. The van der Waals surface area contributed by atoms with Crippen molar-refractivity contribution in [3.63, 3.8) is 0 Å². The predicted octanol–water partition coefficient (Wildman–Crippen LogP) is 4.86. The van der Waals surface area contributed by atoms with Crippen molar-refractivity contribution in [1.82, 2.24) is 19.7 Å². The number of nitrogens with one attached hydrogen (secondary N) is 1. The number of amides is 1. The number of aromatic nitrogens is 3. The topological polar surface area (TPSA) is 99.8 Å². The zero-order valence-electron chi connectivity index (χ0n) is 16.5. The molecule has 0 aliphatic carbocycles. The molecular weight excluding hydrogens is 415 g/mol. The Kier molecular flexibility index (Phi) is 5.76. The van der Waals surface area contributed by atoms with E-state index in [1.165, 1.54) is 0 Å². The summed E-state index contributed by atoms with van der Waals surface area (Å²) in [5.41, 5.74) is 2.58. The minimum absolute atomic E-state index is 0.248. The number of rotatable bonds is 4. The van der Waals surface area contributed by atoms with Crippen LogP contribution in [0.3, 0.4) is 0 Å². The van der Waals surface area contributed by atoms with Crippen LogP contribution in [0, 0.1) is 12.3 Å². The third kappa shape index (κ3) is 4.17. The van der Waals surface area contributed by atoms with Crippen LogP contribution in [0.1, 0.15) is 43.8 Å². The molecule has 0 bridgehead atoms. The molecule has 29 heavy (non-hydrogen) atoms. The van der Waals surface area contributed by atoms with Crippen LogP contribution in [0.25, 0.3) is 17.0 Å². The second-order valence-corrected chi connectivity index (χ2v) is 8.74. The zero-order valence-corrected chi connectivity index (χ0v) is 18.0. The first-order chi connectivity index (χ1) is 13.5. The molecule has 0 fully saturated rings. The molecule has 0 radical (unpaired) electrons. The first kappa shape index (κ1) is 21.4. The minimum Gasteiger partial charge on any atom is -0.465 e. The van der Waals surface area contributed by atoms with Crippen LogP contribution in [0.2, 0.25) is 10.0 Å². The minimum atomic E-state index is -1.14. The van der Waals surface area contributed by atoms with Crippen molar-refractivity contribution < 1.29 is 15.0 Å². The van der Waals surface area contributed by atoms with E-state index in [9.17, 15) is 15.0 Å². The summed E-state index contributed by atoms with van der Waals surface area (Å²) in [7, 11) is 0. The largest absolute Gasteiger partial charge is 0.465 e. The van der Waals surface area contributed by atoms with E-state index in [1.54, 1.807) is 35.7 Å². The van der Waals surface area contributed by atoms with Crippen LogP contribution in [-0.4, -0.2) is 30.7 Å². The lowest BCUT2D eigenvalue weighted by atomic mass is 9.80. The number of aryl methyl sites for hydroxylation is 1. The third-order valence-corrected chi connectivity index (χ3v) is 5.21. The summed E-state index contributed by atoms with van der Waals surface area (Å²) in [6, 6.07) is 4.54. The summed E-state index contributed by atoms with van der Waals surface area (Å²) in [5, 5.41) is 22.6. The fourth-order valence-electron chi connectivity index (χ4n) is 3.40. The summed E-state index contributed by atoms with van der Waals surface area (Å²) < 4.78 is 1.73. The Hall–Kier alpha value is -2.35. The van der Waals surface area contributed by atoms with Crippen molar-refractivity contribution in [2.45, 2.75) is 40.3 Å². The summed E-state index contributed by atoms with van der Waals surface area (Å²) in [4.78, 5) is 20.5. The summed E-state index contributed by atoms with van der Waals surface area (Å²) >= 11 is 12.6. The van der Waals surface area contributed by atoms with Gasteiger partial charge in [0.2, 0.25) is 5.78 Å². The molecule has 1 unspecified atom stereocenters. The van der Waals surface area contributed by atoms with E-state index in [4.69, 9.17) is 23.2 Å². The molecule has 3 aromatic rings. The number of fused-ring (bicyclic) bond motifs is 1. The van der Waals surface area contributed by atoms with Gasteiger partial charge in [-0.1, -0.05) is 44.0 Å². The second kappa shape index (κ2) is 7.82. The van der Waals surface area contributed by atoms with Gasteiger partial charge in [-0.2, -0.15) is 0 Å². The van der Waals surface area contributed by atoms with E-state index in [0.29, 0.717) is 44.0 Å². The molecule has 154 valence electrons. The highest BCUT2D eigenvalue weighted by molar-refractivity contribution is 6.36. The highest BCUT2D eigenvalue weighted by Crippen LogP contribution is 2.42. The summed E-state index contributed by atoms with van der Waals surface area (Å²) in [6.45, 7) is 7.38. The van der Waals surface area contributed by atoms with Crippen LogP contribution in [-0.2, 0) is 6.61 Å². The third-order valence-electron chi connectivity index (χ3n) is 4.66. The van der Waals surface area contributed by atoms with E-state index in [1.807, 2.05) is 20.8 Å². The second-order valence-electron chi connectivity index (χ2n) is 7.89. The molecule has 0 saturated carbocycles. The standard InChI is InChI=1S/C20H22Cl2N4O3/c1-10-15(17(20(2,3)4)25-19(28)29)16(13-6-5-11(21)7-14(13)22)26-8-12(9-27)24-18(26)23-10/h5-8,17,25,27H,9H2,1-4H3,(H,28,29). The average molecular weight is 437 g/mol. The van der Waals surface area contributed by atoms with E-state index >= 15 is 0 Å². The monoisotopic (exact) mass is 436 g/mol. The van der Waals surface area contributed by atoms with Gasteiger partial charge in [0.1, 0.15) is 0 Å². The van der Waals surface area contributed by atoms with Gasteiger partial charge in [0, 0.05) is 28.0 Å². The molecule has 2 aromatic heterocycles. The van der Waals surface area contributed by atoms with Crippen molar-refractivity contribution in [2.75, 3.05) is 0 Å². The summed E-state index contributed by atoms with van der Waals surface area (Å²) in [6.07, 6.45) is 0.533. The molecule has 9 heteroatoms. The maximum Gasteiger partial charge on any atom is 0.405 e. The molecule has 3 rings (SSSR count). The van der Waals surface area contributed by atoms with Crippen molar-refractivity contribution in [1.29, 1.82) is 0 Å². The Labute approximate surface area is 178 Å². The van der Waals surface area contributed by atoms with Gasteiger partial charge in [0.25, 0.3) is 0 Å². The molecular formula is C20H22Cl2N4O3. The van der Waals surface area contributed by atoms with Gasteiger partial charge in [-0.3, -0.25) is 4.40 Å². The number of carboxylic acid groups (broad SMARTS) is 1. The first-order valence-electron chi connectivity index (χ1n) is 8.97. The molecule has 3 N–H and O–H groups in total. The van der Waals surface area contributed by atoms with Crippen molar-refractivity contribution in [3.05, 3.63) is 51.4 Å². The molecule has 0 aliphatic rings. The van der Waals surface area contributed by atoms with Crippen molar-refractivity contribution >= 4 is 35.1 Å². The van der Waals surface area contributed by atoms with Crippen LogP contribution in [0.5, 0.6) is 0 Å². The molecule has 0 aliphatic heterocycles.